The zero-order valence-electron chi connectivity index (χ0n) is 12.6. The van der Waals surface area contributed by atoms with Crippen LogP contribution in [0.1, 0.15) is 18.5 Å². The maximum atomic E-state index is 12.4. The van der Waals surface area contributed by atoms with Gasteiger partial charge in [0.1, 0.15) is 0 Å². The number of aromatic nitrogens is 2. The van der Waals surface area contributed by atoms with Gasteiger partial charge in [0.05, 0.1) is 29.7 Å². The van der Waals surface area contributed by atoms with Crippen LogP contribution in [0.25, 0.3) is 5.69 Å². The molecule has 1 aliphatic rings. The van der Waals surface area contributed by atoms with Gasteiger partial charge >= 0.3 is 6.03 Å². The van der Waals surface area contributed by atoms with Gasteiger partial charge in [0, 0.05) is 12.7 Å². The molecule has 1 saturated heterocycles. The lowest BCUT2D eigenvalue weighted by atomic mass is 10.2. The number of aliphatic hydroxyl groups excluding tert-OH is 1. The molecule has 22 heavy (non-hydrogen) atoms. The van der Waals surface area contributed by atoms with E-state index >= 15 is 0 Å². The molecule has 0 radical (unpaired) electrons. The molecule has 3 rings (SSSR count). The van der Waals surface area contributed by atoms with Gasteiger partial charge in [-0.3, -0.25) is 0 Å². The van der Waals surface area contributed by atoms with Crippen LogP contribution in [0.5, 0.6) is 0 Å². The predicted octanol–water partition coefficient (Wildman–Crippen LogP) is 2.17. The average Bonchev–Trinajstić information content (AvgIpc) is 3.16. The minimum atomic E-state index is -0.173. The van der Waals surface area contributed by atoms with E-state index in [4.69, 9.17) is 0 Å². The number of benzene rings is 1. The van der Waals surface area contributed by atoms with Gasteiger partial charge < -0.3 is 15.3 Å². The van der Waals surface area contributed by atoms with E-state index in [1.54, 1.807) is 9.58 Å². The van der Waals surface area contributed by atoms with Crippen molar-refractivity contribution in [3.05, 3.63) is 42.2 Å². The Kier molecular flexibility index (Phi) is 4.11. The first-order valence-corrected chi connectivity index (χ1v) is 7.49. The number of hydrogen-bond acceptors (Lipinski definition) is 3. The fourth-order valence-corrected chi connectivity index (χ4v) is 2.81. The first-order chi connectivity index (χ1) is 10.7. The molecule has 2 amide bonds. The topological polar surface area (TPSA) is 70.4 Å². The second kappa shape index (κ2) is 6.19. The summed E-state index contributed by atoms with van der Waals surface area (Å²) in [7, 11) is 0. The highest BCUT2D eigenvalue weighted by Gasteiger charge is 2.28. The first-order valence-electron chi connectivity index (χ1n) is 7.49. The van der Waals surface area contributed by atoms with Crippen molar-refractivity contribution in [1.82, 2.24) is 14.7 Å². The SMILES string of the molecule is Cc1ccn(-c2ccccc2NC(=O)N2CCCC2CO)n1. The van der Waals surface area contributed by atoms with E-state index in [-0.39, 0.29) is 18.7 Å². The molecule has 1 aromatic heterocycles. The Balaban J connectivity index is 1.82. The largest absolute Gasteiger partial charge is 0.394 e. The van der Waals surface area contributed by atoms with Gasteiger partial charge in [0.25, 0.3) is 0 Å². The average molecular weight is 300 g/mol. The summed E-state index contributed by atoms with van der Waals surface area (Å²) in [5.74, 6) is 0. The van der Waals surface area contributed by atoms with Crippen molar-refractivity contribution in [2.75, 3.05) is 18.5 Å². The molecule has 2 aromatic rings. The number of aryl methyl sites for hydroxylation is 1. The molecule has 0 saturated carbocycles. The monoisotopic (exact) mass is 300 g/mol. The summed E-state index contributed by atoms with van der Waals surface area (Å²) in [5.41, 5.74) is 2.45. The highest BCUT2D eigenvalue weighted by molar-refractivity contribution is 5.92. The molecule has 0 aliphatic carbocycles. The summed E-state index contributed by atoms with van der Waals surface area (Å²) in [6.45, 7) is 2.61. The van der Waals surface area contributed by atoms with Crippen LogP contribution in [-0.2, 0) is 0 Å². The van der Waals surface area contributed by atoms with Crippen LogP contribution in [0.3, 0.4) is 0 Å². The van der Waals surface area contributed by atoms with Crippen LogP contribution in [0.4, 0.5) is 10.5 Å². The first kappa shape index (κ1) is 14.6. The number of rotatable bonds is 3. The smallest absolute Gasteiger partial charge is 0.322 e. The van der Waals surface area contributed by atoms with Crippen molar-refractivity contribution in [1.29, 1.82) is 0 Å². The summed E-state index contributed by atoms with van der Waals surface area (Å²) >= 11 is 0. The van der Waals surface area contributed by atoms with E-state index in [1.165, 1.54) is 0 Å². The number of hydrogen-bond donors (Lipinski definition) is 2. The molecule has 1 unspecified atom stereocenters. The molecule has 1 fully saturated rings. The van der Waals surface area contributed by atoms with E-state index in [9.17, 15) is 9.90 Å². The van der Waals surface area contributed by atoms with E-state index in [0.717, 1.165) is 24.2 Å². The van der Waals surface area contributed by atoms with Gasteiger partial charge in [-0.1, -0.05) is 12.1 Å². The molecule has 116 valence electrons. The van der Waals surface area contributed by atoms with Crippen LogP contribution in [0.2, 0.25) is 0 Å². The van der Waals surface area contributed by atoms with E-state index in [1.807, 2.05) is 43.5 Å². The van der Waals surface area contributed by atoms with Crippen molar-refractivity contribution < 1.29 is 9.90 Å². The predicted molar refractivity (Wildman–Crippen MR) is 84.1 cm³/mol. The Morgan fingerprint density at radius 3 is 2.95 bits per heavy atom. The number of likely N-dealkylation sites (tertiary alicyclic amines) is 1. The van der Waals surface area contributed by atoms with Crippen molar-refractivity contribution in [2.45, 2.75) is 25.8 Å². The van der Waals surface area contributed by atoms with Crippen molar-refractivity contribution in [3.8, 4) is 5.69 Å². The fraction of sp³-hybridized carbons (Fsp3) is 0.375. The van der Waals surface area contributed by atoms with Gasteiger partial charge in [0.15, 0.2) is 0 Å². The number of nitrogens with zero attached hydrogens (tertiary/aromatic N) is 3. The Bertz CT molecular complexity index is 668. The van der Waals surface area contributed by atoms with E-state index in [2.05, 4.69) is 10.4 Å². The van der Waals surface area contributed by atoms with Crippen molar-refractivity contribution >= 4 is 11.7 Å². The van der Waals surface area contributed by atoms with Crippen LogP contribution in [-0.4, -0.2) is 45.0 Å². The number of para-hydroxylation sites is 2. The number of nitrogens with one attached hydrogen (secondary N) is 1. The summed E-state index contributed by atoms with van der Waals surface area (Å²) in [6.07, 6.45) is 3.65. The third kappa shape index (κ3) is 2.82. The molecule has 0 spiro atoms. The normalized spacial score (nSPS) is 17.7. The standard InChI is InChI=1S/C16H20N4O2/c1-12-8-10-20(18-12)15-7-3-2-6-14(15)17-16(22)19-9-4-5-13(19)11-21/h2-3,6-8,10,13,21H,4-5,9,11H2,1H3,(H,17,22). The third-order valence-electron chi connectivity index (χ3n) is 3.96. The number of amides is 2. The Morgan fingerprint density at radius 1 is 1.41 bits per heavy atom. The number of carbonyl (C=O) groups is 1. The molecule has 1 atom stereocenters. The number of aliphatic hydroxyl groups is 1. The van der Waals surface area contributed by atoms with Crippen molar-refractivity contribution in [3.63, 3.8) is 0 Å². The van der Waals surface area contributed by atoms with Gasteiger partial charge in [-0.15, -0.1) is 0 Å². The van der Waals surface area contributed by atoms with Gasteiger partial charge in [0.2, 0.25) is 0 Å². The Morgan fingerprint density at radius 2 is 2.23 bits per heavy atom. The number of carbonyl (C=O) groups excluding carboxylic acids is 1. The third-order valence-corrected chi connectivity index (χ3v) is 3.96. The maximum absolute atomic E-state index is 12.4. The zero-order chi connectivity index (χ0) is 15.5. The molecule has 2 N–H and O–H groups in total. The molecular weight excluding hydrogens is 280 g/mol. The second-order valence-electron chi connectivity index (χ2n) is 5.52. The lowest BCUT2D eigenvalue weighted by Crippen LogP contribution is -2.40. The summed E-state index contributed by atoms with van der Waals surface area (Å²) in [4.78, 5) is 14.1. The molecular formula is C16H20N4O2. The summed E-state index contributed by atoms with van der Waals surface area (Å²) in [5, 5.41) is 16.7. The highest BCUT2D eigenvalue weighted by Crippen LogP contribution is 2.22. The van der Waals surface area contributed by atoms with Crippen LogP contribution < -0.4 is 5.32 Å². The summed E-state index contributed by atoms with van der Waals surface area (Å²) < 4.78 is 1.75. The number of urea groups is 1. The van der Waals surface area contributed by atoms with Crippen LogP contribution >= 0.6 is 0 Å². The van der Waals surface area contributed by atoms with Gasteiger partial charge in [-0.2, -0.15) is 5.10 Å². The Hall–Kier alpha value is -2.34. The molecule has 0 bridgehead atoms. The minimum absolute atomic E-state index is 0.00736. The second-order valence-corrected chi connectivity index (χ2v) is 5.52. The molecule has 1 aliphatic heterocycles. The van der Waals surface area contributed by atoms with Gasteiger partial charge in [-0.25, -0.2) is 9.48 Å². The lowest BCUT2D eigenvalue weighted by molar-refractivity contribution is 0.166. The number of anilines is 1. The van der Waals surface area contributed by atoms with Crippen molar-refractivity contribution in [2.24, 2.45) is 0 Å². The van der Waals surface area contributed by atoms with E-state index < -0.39 is 0 Å². The molecule has 6 nitrogen and oxygen atoms in total. The maximum Gasteiger partial charge on any atom is 0.322 e. The minimum Gasteiger partial charge on any atom is -0.394 e. The van der Waals surface area contributed by atoms with Crippen LogP contribution in [0, 0.1) is 6.92 Å². The highest BCUT2D eigenvalue weighted by atomic mass is 16.3. The molecule has 1 aromatic carbocycles. The summed E-state index contributed by atoms with van der Waals surface area (Å²) in [6, 6.07) is 9.22. The quantitative estimate of drug-likeness (QED) is 0.912. The van der Waals surface area contributed by atoms with Gasteiger partial charge in [-0.05, 0) is 38.0 Å². The zero-order valence-corrected chi connectivity index (χ0v) is 12.6. The molecule has 2 heterocycles. The van der Waals surface area contributed by atoms with Crippen LogP contribution in [0.15, 0.2) is 36.5 Å². The fourth-order valence-electron chi connectivity index (χ4n) is 2.81. The lowest BCUT2D eigenvalue weighted by Gasteiger charge is -2.24. The van der Waals surface area contributed by atoms with E-state index in [0.29, 0.717) is 12.2 Å². The Labute approximate surface area is 129 Å². The molecule has 6 heteroatoms.